The molecule has 0 unspecified atom stereocenters. The molecule has 1 aliphatic heterocycles. The van der Waals surface area contributed by atoms with Crippen LogP contribution in [0.3, 0.4) is 0 Å². The highest BCUT2D eigenvalue weighted by Crippen LogP contribution is 2.15. The van der Waals surface area contributed by atoms with Crippen LogP contribution in [-0.4, -0.2) is 68.5 Å². The van der Waals surface area contributed by atoms with Crippen molar-refractivity contribution in [3.63, 3.8) is 0 Å². The molecule has 1 aliphatic rings. The molecule has 0 atom stereocenters. The first-order chi connectivity index (χ1) is 11.5. The number of hydrogen-bond donors (Lipinski definition) is 2. The first-order valence-electron chi connectivity index (χ1n) is 9.54. The van der Waals surface area contributed by atoms with Gasteiger partial charge in [-0.05, 0) is 46.5 Å². The molecule has 0 aliphatic carbocycles. The minimum atomic E-state index is -3.13. The van der Waals surface area contributed by atoms with Gasteiger partial charge >= 0.3 is 0 Å². The molecule has 1 rings (SSSR count). The lowest BCUT2D eigenvalue weighted by atomic mass is 10.0. The summed E-state index contributed by atoms with van der Waals surface area (Å²) in [4.78, 5) is 6.99. The standard InChI is InChI=1S/C18H38N4O2S/c1-7-19-17(20-10-13-25(23,24)18(4,5)6)21-16-8-11-22(12-9-16)14-15(2)3/h15-16H,7-14H2,1-6H3,(H2,19,20,21). The number of nitrogens with zero attached hydrogens (tertiary/aromatic N) is 2. The van der Waals surface area contributed by atoms with Crippen LogP contribution in [0.2, 0.25) is 0 Å². The fourth-order valence-corrected chi connectivity index (χ4v) is 3.82. The molecule has 1 heterocycles. The second-order valence-electron chi connectivity index (χ2n) is 8.30. The van der Waals surface area contributed by atoms with Crippen molar-refractivity contribution in [2.75, 3.05) is 38.5 Å². The van der Waals surface area contributed by atoms with E-state index in [1.807, 2.05) is 6.92 Å². The summed E-state index contributed by atoms with van der Waals surface area (Å²) >= 11 is 0. The second kappa shape index (κ2) is 9.76. The van der Waals surface area contributed by atoms with E-state index in [0.29, 0.717) is 18.5 Å². The fraction of sp³-hybridized carbons (Fsp3) is 0.944. The molecule has 0 aromatic heterocycles. The fourth-order valence-electron chi connectivity index (χ4n) is 2.87. The van der Waals surface area contributed by atoms with Crippen molar-refractivity contribution in [1.82, 2.24) is 15.5 Å². The van der Waals surface area contributed by atoms with E-state index in [0.717, 1.165) is 45.0 Å². The third kappa shape index (κ3) is 7.94. The third-order valence-electron chi connectivity index (χ3n) is 4.46. The molecule has 0 spiro atoms. The number of piperidine rings is 1. The van der Waals surface area contributed by atoms with Crippen LogP contribution in [-0.2, 0) is 9.84 Å². The lowest BCUT2D eigenvalue weighted by Crippen LogP contribution is -2.49. The van der Waals surface area contributed by atoms with Crippen LogP contribution >= 0.6 is 0 Å². The van der Waals surface area contributed by atoms with Gasteiger partial charge in [-0.3, -0.25) is 4.99 Å². The van der Waals surface area contributed by atoms with Gasteiger partial charge in [-0.1, -0.05) is 13.8 Å². The Morgan fingerprint density at radius 3 is 2.32 bits per heavy atom. The predicted octanol–water partition coefficient (Wildman–Crippen LogP) is 1.88. The van der Waals surface area contributed by atoms with Crippen LogP contribution < -0.4 is 10.6 Å². The Labute approximate surface area is 154 Å². The number of guanidine groups is 1. The Bertz CT molecular complexity index is 516. The monoisotopic (exact) mass is 374 g/mol. The minimum absolute atomic E-state index is 0.0832. The molecule has 25 heavy (non-hydrogen) atoms. The SMILES string of the molecule is CCNC(=NCCS(=O)(=O)C(C)(C)C)NC1CCN(CC(C)C)CC1. The molecule has 7 heteroatoms. The normalized spacial score (nSPS) is 18.6. The van der Waals surface area contributed by atoms with Crippen LogP contribution in [0.5, 0.6) is 0 Å². The Morgan fingerprint density at radius 1 is 1.24 bits per heavy atom. The van der Waals surface area contributed by atoms with Gasteiger partial charge in [0, 0.05) is 32.2 Å². The molecule has 1 fully saturated rings. The van der Waals surface area contributed by atoms with Crippen molar-refractivity contribution < 1.29 is 8.42 Å². The zero-order chi connectivity index (χ0) is 19.1. The predicted molar refractivity (Wildman–Crippen MR) is 107 cm³/mol. The van der Waals surface area contributed by atoms with E-state index in [9.17, 15) is 8.42 Å². The van der Waals surface area contributed by atoms with E-state index >= 15 is 0 Å². The molecular weight excluding hydrogens is 336 g/mol. The summed E-state index contributed by atoms with van der Waals surface area (Å²) in [5.41, 5.74) is 0. The van der Waals surface area contributed by atoms with Crippen molar-refractivity contribution in [1.29, 1.82) is 0 Å². The zero-order valence-corrected chi connectivity index (χ0v) is 17.7. The summed E-state index contributed by atoms with van der Waals surface area (Å²) < 4.78 is 23.7. The maximum absolute atomic E-state index is 12.2. The number of hydrogen-bond acceptors (Lipinski definition) is 4. The highest BCUT2D eigenvalue weighted by Gasteiger charge is 2.28. The summed E-state index contributed by atoms with van der Waals surface area (Å²) in [5, 5.41) is 6.70. The minimum Gasteiger partial charge on any atom is -0.357 e. The molecule has 148 valence electrons. The Hall–Kier alpha value is -0.820. The molecule has 0 amide bonds. The highest BCUT2D eigenvalue weighted by atomic mass is 32.2. The van der Waals surface area contributed by atoms with E-state index in [-0.39, 0.29) is 5.75 Å². The van der Waals surface area contributed by atoms with E-state index < -0.39 is 14.6 Å². The molecule has 6 nitrogen and oxygen atoms in total. The maximum atomic E-state index is 12.2. The van der Waals surface area contributed by atoms with E-state index in [1.54, 1.807) is 20.8 Å². The van der Waals surface area contributed by atoms with Gasteiger partial charge in [0.25, 0.3) is 0 Å². The molecule has 0 aromatic carbocycles. The molecule has 0 aromatic rings. The van der Waals surface area contributed by atoms with Gasteiger partial charge in [0.1, 0.15) is 0 Å². The van der Waals surface area contributed by atoms with Gasteiger partial charge in [-0.2, -0.15) is 0 Å². The quantitative estimate of drug-likeness (QED) is 0.526. The summed E-state index contributed by atoms with van der Waals surface area (Å²) in [7, 11) is -3.13. The smallest absolute Gasteiger partial charge is 0.191 e. The van der Waals surface area contributed by atoms with Gasteiger partial charge in [-0.15, -0.1) is 0 Å². The summed E-state index contributed by atoms with van der Waals surface area (Å²) in [6.45, 7) is 16.2. The number of aliphatic imine (C=N–C) groups is 1. The van der Waals surface area contributed by atoms with Crippen LogP contribution in [0.1, 0.15) is 54.4 Å². The van der Waals surface area contributed by atoms with Gasteiger partial charge in [0.05, 0.1) is 17.0 Å². The first kappa shape index (κ1) is 22.2. The Kier molecular flexibility index (Phi) is 8.68. The lowest BCUT2D eigenvalue weighted by molar-refractivity contribution is 0.187. The van der Waals surface area contributed by atoms with Crippen molar-refractivity contribution in [2.24, 2.45) is 10.9 Å². The molecule has 1 saturated heterocycles. The average molecular weight is 375 g/mol. The molecule has 0 radical (unpaired) electrons. The van der Waals surface area contributed by atoms with Crippen molar-refractivity contribution in [3.8, 4) is 0 Å². The number of likely N-dealkylation sites (tertiary alicyclic amines) is 1. The topological polar surface area (TPSA) is 73.8 Å². The number of rotatable bonds is 7. The van der Waals surface area contributed by atoms with E-state index in [2.05, 4.69) is 34.4 Å². The lowest BCUT2D eigenvalue weighted by Gasteiger charge is -2.34. The van der Waals surface area contributed by atoms with Gasteiger partial charge in [0.2, 0.25) is 0 Å². The molecule has 0 saturated carbocycles. The molecular formula is C18H38N4O2S. The van der Waals surface area contributed by atoms with Crippen molar-refractivity contribution in [2.45, 2.75) is 65.2 Å². The van der Waals surface area contributed by atoms with Crippen molar-refractivity contribution in [3.05, 3.63) is 0 Å². The van der Waals surface area contributed by atoms with E-state index in [4.69, 9.17) is 0 Å². The Morgan fingerprint density at radius 2 is 1.84 bits per heavy atom. The number of nitrogens with one attached hydrogen (secondary N) is 2. The van der Waals surface area contributed by atoms with Gasteiger partial charge < -0.3 is 15.5 Å². The summed E-state index contributed by atoms with van der Waals surface area (Å²) in [6.07, 6.45) is 2.19. The third-order valence-corrected chi connectivity index (χ3v) is 7.04. The zero-order valence-electron chi connectivity index (χ0n) is 16.9. The molecule has 0 bridgehead atoms. The van der Waals surface area contributed by atoms with Crippen molar-refractivity contribution >= 4 is 15.8 Å². The molecule has 2 N–H and O–H groups in total. The van der Waals surface area contributed by atoms with Gasteiger partial charge in [-0.25, -0.2) is 8.42 Å². The second-order valence-corrected chi connectivity index (χ2v) is 11.2. The highest BCUT2D eigenvalue weighted by molar-refractivity contribution is 7.92. The Balaban J connectivity index is 2.52. The van der Waals surface area contributed by atoms with Crippen LogP contribution in [0.15, 0.2) is 4.99 Å². The largest absolute Gasteiger partial charge is 0.357 e. The maximum Gasteiger partial charge on any atom is 0.191 e. The average Bonchev–Trinajstić information content (AvgIpc) is 2.47. The van der Waals surface area contributed by atoms with E-state index in [1.165, 1.54) is 0 Å². The summed E-state index contributed by atoms with van der Waals surface area (Å²) in [6, 6.07) is 0.403. The number of sulfone groups is 1. The summed E-state index contributed by atoms with van der Waals surface area (Å²) in [5.74, 6) is 1.52. The van der Waals surface area contributed by atoms with Crippen LogP contribution in [0.4, 0.5) is 0 Å². The first-order valence-corrected chi connectivity index (χ1v) is 11.2. The van der Waals surface area contributed by atoms with Crippen LogP contribution in [0, 0.1) is 5.92 Å². The van der Waals surface area contributed by atoms with Gasteiger partial charge in [0.15, 0.2) is 15.8 Å². The van der Waals surface area contributed by atoms with Crippen LogP contribution in [0.25, 0.3) is 0 Å².